The van der Waals surface area contributed by atoms with Crippen LogP contribution in [0.4, 0.5) is 11.4 Å². The summed E-state index contributed by atoms with van der Waals surface area (Å²) >= 11 is 0. The smallest absolute Gasteiger partial charge is 0.213 e. The lowest BCUT2D eigenvalue weighted by molar-refractivity contribution is 0.588. The third-order valence-electron chi connectivity index (χ3n) is 1.77. The quantitative estimate of drug-likeness (QED) is 0.641. The van der Waals surface area contributed by atoms with Crippen molar-refractivity contribution in [3.63, 3.8) is 0 Å². The number of rotatable bonds is 5. The fourth-order valence-electron chi connectivity index (χ4n) is 0.986. The van der Waals surface area contributed by atoms with Crippen LogP contribution >= 0.6 is 0 Å². The van der Waals surface area contributed by atoms with E-state index in [-0.39, 0.29) is 5.75 Å². The maximum atomic E-state index is 11.1. The molecule has 0 radical (unpaired) electrons. The molecule has 15 heavy (non-hydrogen) atoms. The van der Waals surface area contributed by atoms with Gasteiger partial charge >= 0.3 is 0 Å². The molecule has 0 fully saturated rings. The van der Waals surface area contributed by atoms with Crippen LogP contribution in [0.25, 0.3) is 0 Å². The molecule has 1 aromatic rings. The molecule has 1 rings (SSSR count). The summed E-state index contributed by atoms with van der Waals surface area (Å²) in [6.07, 6.45) is 3.11. The summed E-state index contributed by atoms with van der Waals surface area (Å²) in [5, 5.41) is 2.91. The van der Waals surface area contributed by atoms with Crippen molar-refractivity contribution < 1.29 is 8.42 Å². The van der Waals surface area contributed by atoms with Gasteiger partial charge in [-0.3, -0.25) is 4.98 Å². The highest BCUT2D eigenvalue weighted by Gasteiger charge is 2.05. The minimum Gasteiger partial charge on any atom is -0.397 e. The van der Waals surface area contributed by atoms with Gasteiger partial charge in [0.2, 0.25) is 10.0 Å². The Bertz CT molecular complexity index is 418. The average molecular weight is 230 g/mol. The second-order valence-electron chi connectivity index (χ2n) is 2.96. The van der Waals surface area contributed by atoms with Crippen molar-refractivity contribution >= 4 is 21.4 Å². The van der Waals surface area contributed by atoms with Crippen LogP contribution in [0.2, 0.25) is 0 Å². The number of nitrogens with two attached hydrogens (primary N) is 1. The Morgan fingerprint density at radius 2 is 2.20 bits per heavy atom. The molecule has 0 unspecified atom stereocenters. The van der Waals surface area contributed by atoms with Gasteiger partial charge in [0.15, 0.2) is 0 Å². The lowest BCUT2D eigenvalue weighted by atomic mass is 10.4. The molecule has 0 aliphatic heterocycles. The standard InChI is InChI=1S/C8H14N4O2S/c1-10-15(13,14)3-2-12-8-4-7(9)5-11-6-8/h4-6,10,12H,2-3,9H2,1H3. The molecular formula is C8H14N4O2S. The van der Waals surface area contributed by atoms with Crippen molar-refractivity contribution in [2.75, 3.05) is 30.4 Å². The van der Waals surface area contributed by atoms with E-state index in [1.807, 2.05) is 0 Å². The zero-order chi connectivity index (χ0) is 11.3. The molecule has 0 bridgehead atoms. The number of nitrogens with zero attached hydrogens (tertiary/aromatic N) is 1. The highest BCUT2D eigenvalue weighted by atomic mass is 32.2. The largest absolute Gasteiger partial charge is 0.397 e. The van der Waals surface area contributed by atoms with E-state index in [1.165, 1.54) is 13.2 Å². The van der Waals surface area contributed by atoms with E-state index in [4.69, 9.17) is 5.73 Å². The molecular weight excluding hydrogens is 216 g/mol. The molecule has 0 atom stereocenters. The topological polar surface area (TPSA) is 97.1 Å². The Morgan fingerprint density at radius 3 is 2.80 bits per heavy atom. The number of hydrogen-bond donors (Lipinski definition) is 3. The van der Waals surface area contributed by atoms with Crippen LogP contribution in [-0.4, -0.2) is 32.7 Å². The fourth-order valence-corrected chi connectivity index (χ4v) is 1.56. The molecule has 0 saturated carbocycles. The summed E-state index contributed by atoms with van der Waals surface area (Å²) in [5.74, 6) is 0.0122. The van der Waals surface area contributed by atoms with E-state index in [0.717, 1.165) is 0 Å². The average Bonchev–Trinajstić information content (AvgIpc) is 2.18. The summed E-state index contributed by atoms with van der Waals surface area (Å²) in [6, 6.07) is 1.69. The number of aromatic nitrogens is 1. The van der Waals surface area contributed by atoms with E-state index in [0.29, 0.717) is 17.9 Å². The Morgan fingerprint density at radius 1 is 1.47 bits per heavy atom. The van der Waals surface area contributed by atoms with Gasteiger partial charge in [0.1, 0.15) is 0 Å². The van der Waals surface area contributed by atoms with Crippen LogP contribution in [-0.2, 0) is 10.0 Å². The van der Waals surface area contributed by atoms with Gasteiger partial charge < -0.3 is 11.1 Å². The van der Waals surface area contributed by atoms with E-state index < -0.39 is 10.0 Å². The molecule has 0 aliphatic carbocycles. The van der Waals surface area contributed by atoms with E-state index in [2.05, 4.69) is 15.0 Å². The predicted molar refractivity (Wildman–Crippen MR) is 60.0 cm³/mol. The van der Waals surface area contributed by atoms with Crippen molar-refractivity contribution in [2.45, 2.75) is 0 Å². The number of anilines is 2. The van der Waals surface area contributed by atoms with Gasteiger partial charge in [-0.1, -0.05) is 0 Å². The summed E-state index contributed by atoms with van der Waals surface area (Å²) in [7, 11) is -1.78. The molecule has 1 heterocycles. The molecule has 0 aliphatic rings. The molecule has 84 valence electrons. The van der Waals surface area contributed by atoms with Gasteiger partial charge in [0, 0.05) is 12.7 Å². The monoisotopic (exact) mass is 230 g/mol. The normalized spacial score (nSPS) is 11.3. The van der Waals surface area contributed by atoms with E-state index >= 15 is 0 Å². The molecule has 6 nitrogen and oxygen atoms in total. The van der Waals surface area contributed by atoms with Crippen molar-refractivity contribution in [3.8, 4) is 0 Å². The number of pyridine rings is 1. The van der Waals surface area contributed by atoms with Crippen LogP contribution in [0.15, 0.2) is 18.5 Å². The van der Waals surface area contributed by atoms with Crippen molar-refractivity contribution in [1.29, 1.82) is 0 Å². The number of nitrogen functional groups attached to an aromatic ring is 1. The third kappa shape index (κ3) is 4.13. The molecule has 0 saturated heterocycles. The van der Waals surface area contributed by atoms with Crippen molar-refractivity contribution in [2.24, 2.45) is 0 Å². The van der Waals surface area contributed by atoms with Gasteiger partial charge in [0.05, 0.1) is 23.3 Å². The first-order valence-corrected chi connectivity index (χ1v) is 6.04. The van der Waals surface area contributed by atoms with Crippen LogP contribution in [0.3, 0.4) is 0 Å². The minimum absolute atomic E-state index is 0.0122. The molecule has 0 aromatic carbocycles. The molecule has 7 heteroatoms. The first-order chi connectivity index (χ1) is 7.03. The van der Waals surface area contributed by atoms with Gasteiger partial charge in [-0.15, -0.1) is 0 Å². The lowest BCUT2D eigenvalue weighted by Crippen LogP contribution is -2.26. The zero-order valence-electron chi connectivity index (χ0n) is 8.40. The maximum Gasteiger partial charge on any atom is 0.213 e. The molecule has 0 amide bonds. The van der Waals surface area contributed by atoms with Crippen molar-refractivity contribution in [1.82, 2.24) is 9.71 Å². The highest BCUT2D eigenvalue weighted by Crippen LogP contribution is 2.08. The third-order valence-corrected chi connectivity index (χ3v) is 3.13. The highest BCUT2D eigenvalue weighted by molar-refractivity contribution is 7.89. The second kappa shape index (κ2) is 4.94. The summed E-state index contributed by atoms with van der Waals surface area (Å²) < 4.78 is 24.4. The number of hydrogen-bond acceptors (Lipinski definition) is 5. The zero-order valence-corrected chi connectivity index (χ0v) is 9.21. The molecule has 0 spiro atoms. The van der Waals surface area contributed by atoms with Crippen LogP contribution in [0.1, 0.15) is 0 Å². The first kappa shape index (κ1) is 11.7. The van der Waals surface area contributed by atoms with Gasteiger partial charge in [-0.05, 0) is 13.1 Å². The Kier molecular flexibility index (Phi) is 3.87. The Labute approximate surface area is 88.9 Å². The molecule has 1 aromatic heterocycles. The SMILES string of the molecule is CNS(=O)(=O)CCNc1cncc(N)c1. The fraction of sp³-hybridized carbons (Fsp3) is 0.375. The van der Waals surface area contributed by atoms with Crippen molar-refractivity contribution in [3.05, 3.63) is 18.5 Å². The summed E-state index contributed by atoms with van der Waals surface area (Å²) in [4.78, 5) is 3.87. The van der Waals surface area contributed by atoms with Gasteiger partial charge in [0.25, 0.3) is 0 Å². The first-order valence-electron chi connectivity index (χ1n) is 4.39. The van der Waals surface area contributed by atoms with E-state index in [9.17, 15) is 8.42 Å². The maximum absolute atomic E-state index is 11.1. The number of sulfonamides is 1. The van der Waals surface area contributed by atoms with Crippen LogP contribution in [0, 0.1) is 0 Å². The summed E-state index contributed by atoms with van der Waals surface area (Å²) in [5.41, 5.74) is 6.76. The second-order valence-corrected chi connectivity index (χ2v) is 5.00. The lowest BCUT2D eigenvalue weighted by Gasteiger charge is -2.06. The summed E-state index contributed by atoms with van der Waals surface area (Å²) in [6.45, 7) is 0.314. The minimum atomic E-state index is -3.16. The van der Waals surface area contributed by atoms with Crippen LogP contribution in [0.5, 0.6) is 0 Å². The van der Waals surface area contributed by atoms with E-state index in [1.54, 1.807) is 12.3 Å². The van der Waals surface area contributed by atoms with Crippen LogP contribution < -0.4 is 15.8 Å². The molecule has 4 N–H and O–H groups in total. The predicted octanol–water partition coefficient (Wildman–Crippen LogP) is -0.375. The van der Waals surface area contributed by atoms with Gasteiger partial charge in [-0.25, -0.2) is 13.1 Å². The number of nitrogens with one attached hydrogen (secondary N) is 2. The van der Waals surface area contributed by atoms with Gasteiger partial charge in [-0.2, -0.15) is 0 Å². The Hall–Kier alpha value is -1.34. The Balaban J connectivity index is 2.45.